The molecule has 18 heavy (non-hydrogen) atoms. The van der Waals surface area contributed by atoms with Gasteiger partial charge in [0.1, 0.15) is 18.5 Å². The Morgan fingerprint density at radius 2 is 2.17 bits per heavy atom. The molecule has 0 bridgehead atoms. The average Bonchev–Trinajstić information content (AvgIpc) is 2.27. The highest BCUT2D eigenvalue weighted by atomic mass is 35.5. The molecular weight excluding hydrogens is 296 g/mol. The number of hydrogen-bond acceptors (Lipinski definition) is 3. The minimum absolute atomic E-state index is 0.128. The molecular formula is C12H14Cl3NO2. The van der Waals surface area contributed by atoms with Gasteiger partial charge in [-0.3, -0.25) is 0 Å². The van der Waals surface area contributed by atoms with Gasteiger partial charge in [0.25, 0.3) is 0 Å². The Hall–Kier alpha value is -0.450. The van der Waals surface area contributed by atoms with Crippen molar-refractivity contribution in [2.24, 2.45) is 0 Å². The van der Waals surface area contributed by atoms with Crippen molar-refractivity contribution in [3.8, 4) is 5.75 Å². The van der Waals surface area contributed by atoms with Crippen LogP contribution in [0.1, 0.15) is 0 Å². The Morgan fingerprint density at radius 3 is 2.78 bits per heavy atom. The molecule has 0 spiro atoms. The van der Waals surface area contributed by atoms with Gasteiger partial charge in [0.2, 0.25) is 0 Å². The summed E-state index contributed by atoms with van der Waals surface area (Å²) in [6, 6.07) is 4.91. The second-order valence-electron chi connectivity index (χ2n) is 3.69. The number of benzene rings is 1. The number of nitrogens with one attached hydrogen (secondary N) is 1. The summed E-state index contributed by atoms with van der Waals surface area (Å²) in [6.07, 6.45) is -0.659. The third kappa shape index (κ3) is 5.94. The second kappa shape index (κ2) is 7.87. The van der Waals surface area contributed by atoms with Crippen molar-refractivity contribution in [1.29, 1.82) is 0 Å². The first-order chi connectivity index (χ1) is 8.49. The highest BCUT2D eigenvalue weighted by Gasteiger charge is 2.07. The number of aliphatic hydroxyl groups is 1. The smallest absolute Gasteiger partial charge is 0.138 e. The van der Waals surface area contributed by atoms with Crippen molar-refractivity contribution < 1.29 is 9.84 Å². The molecule has 100 valence electrons. The number of ether oxygens (including phenoxy) is 1. The highest BCUT2D eigenvalue weighted by Crippen LogP contribution is 2.27. The maximum absolute atomic E-state index is 9.64. The fourth-order valence-corrected chi connectivity index (χ4v) is 1.77. The van der Waals surface area contributed by atoms with E-state index in [2.05, 4.69) is 11.9 Å². The molecule has 1 atom stereocenters. The molecule has 0 radical (unpaired) electrons. The van der Waals surface area contributed by atoms with Gasteiger partial charge >= 0.3 is 0 Å². The first-order valence-corrected chi connectivity index (χ1v) is 6.42. The molecule has 1 aromatic rings. The van der Waals surface area contributed by atoms with Crippen LogP contribution in [0.5, 0.6) is 5.75 Å². The fraction of sp³-hybridized carbons (Fsp3) is 0.333. The Morgan fingerprint density at radius 1 is 1.44 bits per heavy atom. The topological polar surface area (TPSA) is 41.5 Å². The molecule has 3 nitrogen and oxygen atoms in total. The zero-order valence-corrected chi connectivity index (χ0v) is 11.9. The van der Waals surface area contributed by atoms with E-state index < -0.39 is 6.10 Å². The van der Waals surface area contributed by atoms with Crippen molar-refractivity contribution >= 4 is 34.8 Å². The Bertz CT molecular complexity index is 412. The van der Waals surface area contributed by atoms with Gasteiger partial charge in [0.15, 0.2) is 0 Å². The van der Waals surface area contributed by atoms with Gasteiger partial charge in [-0.25, -0.2) is 0 Å². The maximum atomic E-state index is 9.64. The van der Waals surface area contributed by atoms with Crippen LogP contribution < -0.4 is 10.1 Å². The standard InChI is InChI=1S/C12H14Cl3NO2/c1-8(13)5-16-6-10(17)7-18-12-3-2-9(14)4-11(12)15/h2-4,10,16-17H,1,5-7H2. The van der Waals surface area contributed by atoms with Crippen LogP contribution in [-0.2, 0) is 0 Å². The van der Waals surface area contributed by atoms with Crippen LogP contribution in [-0.4, -0.2) is 30.9 Å². The molecule has 0 amide bonds. The summed E-state index contributed by atoms with van der Waals surface area (Å²) in [5, 5.41) is 14.0. The molecule has 0 aliphatic carbocycles. The number of hydrogen-bond donors (Lipinski definition) is 2. The summed E-state index contributed by atoms with van der Waals surface area (Å²) >= 11 is 17.3. The van der Waals surface area contributed by atoms with Crippen LogP contribution in [0.3, 0.4) is 0 Å². The lowest BCUT2D eigenvalue weighted by atomic mass is 10.3. The summed E-state index contributed by atoms with van der Waals surface area (Å²) in [4.78, 5) is 0. The summed E-state index contributed by atoms with van der Waals surface area (Å²) in [5.41, 5.74) is 0. The normalized spacial score (nSPS) is 12.2. The van der Waals surface area contributed by atoms with Crippen LogP contribution in [0.15, 0.2) is 29.8 Å². The lowest BCUT2D eigenvalue weighted by Crippen LogP contribution is -2.32. The van der Waals surface area contributed by atoms with E-state index in [0.29, 0.717) is 33.9 Å². The van der Waals surface area contributed by atoms with Crippen molar-refractivity contribution in [2.45, 2.75) is 6.10 Å². The van der Waals surface area contributed by atoms with Crippen molar-refractivity contribution in [3.05, 3.63) is 39.9 Å². The first kappa shape index (κ1) is 15.6. The van der Waals surface area contributed by atoms with E-state index in [1.165, 1.54) is 0 Å². The summed E-state index contributed by atoms with van der Waals surface area (Å²) in [6.45, 7) is 4.46. The van der Waals surface area contributed by atoms with Gasteiger partial charge in [-0.2, -0.15) is 0 Å². The van der Waals surface area contributed by atoms with Gasteiger partial charge in [-0.05, 0) is 18.2 Å². The Labute approximate surface area is 121 Å². The molecule has 1 aromatic carbocycles. The molecule has 1 rings (SSSR count). The zero-order chi connectivity index (χ0) is 13.5. The van der Waals surface area contributed by atoms with E-state index in [9.17, 15) is 5.11 Å². The first-order valence-electron chi connectivity index (χ1n) is 5.29. The molecule has 0 fully saturated rings. The van der Waals surface area contributed by atoms with E-state index >= 15 is 0 Å². The number of rotatable bonds is 7. The molecule has 2 N–H and O–H groups in total. The van der Waals surface area contributed by atoms with E-state index in [4.69, 9.17) is 39.5 Å². The van der Waals surface area contributed by atoms with E-state index in [0.717, 1.165) is 0 Å². The largest absolute Gasteiger partial charge is 0.489 e. The predicted octanol–water partition coefficient (Wildman–Crippen LogP) is 3.08. The average molecular weight is 311 g/mol. The summed E-state index contributed by atoms with van der Waals surface area (Å²) in [5.74, 6) is 0.488. The summed E-state index contributed by atoms with van der Waals surface area (Å²) in [7, 11) is 0. The SMILES string of the molecule is C=C(Cl)CNCC(O)COc1ccc(Cl)cc1Cl. The van der Waals surface area contributed by atoms with E-state index in [1.54, 1.807) is 18.2 Å². The van der Waals surface area contributed by atoms with Crippen molar-refractivity contribution in [2.75, 3.05) is 19.7 Å². The molecule has 0 aliphatic rings. The lowest BCUT2D eigenvalue weighted by Gasteiger charge is -2.13. The van der Waals surface area contributed by atoms with E-state index in [1.807, 2.05) is 0 Å². The minimum Gasteiger partial charge on any atom is -0.489 e. The van der Waals surface area contributed by atoms with Gasteiger partial charge < -0.3 is 15.2 Å². The molecule has 0 saturated carbocycles. The van der Waals surface area contributed by atoms with Gasteiger partial charge in [-0.1, -0.05) is 41.4 Å². The van der Waals surface area contributed by atoms with Crippen LogP contribution in [0.2, 0.25) is 10.0 Å². The Balaban J connectivity index is 2.33. The number of aliphatic hydroxyl groups excluding tert-OH is 1. The Kier molecular flexibility index (Phi) is 6.82. The quantitative estimate of drug-likeness (QED) is 0.813. The minimum atomic E-state index is -0.659. The number of halogens is 3. The van der Waals surface area contributed by atoms with Crippen molar-refractivity contribution in [3.63, 3.8) is 0 Å². The highest BCUT2D eigenvalue weighted by molar-refractivity contribution is 6.35. The van der Waals surface area contributed by atoms with E-state index in [-0.39, 0.29) is 6.61 Å². The second-order valence-corrected chi connectivity index (χ2v) is 5.07. The van der Waals surface area contributed by atoms with Crippen LogP contribution in [0.4, 0.5) is 0 Å². The molecule has 6 heteroatoms. The lowest BCUT2D eigenvalue weighted by molar-refractivity contribution is 0.107. The van der Waals surface area contributed by atoms with Gasteiger partial charge in [0.05, 0.1) is 5.02 Å². The molecule has 0 aromatic heterocycles. The summed E-state index contributed by atoms with van der Waals surface area (Å²) < 4.78 is 5.38. The zero-order valence-electron chi connectivity index (χ0n) is 9.63. The fourth-order valence-electron chi connectivity index (χ4n) is 1.21. The molecule has 0 saturated heterocycles. The predicted molar refractivity (Wildman–Crippen MR) is 75.8 cm³/mol. The molecule has 1 unspecified atom stereocenters. The van der Waals surface area contributed by atoms with Gasteiger partial charge in [0, 0.05) is 23.1 Å². The van der Waals surface area contributed by atoms with Crippen LogP contribution >= 0.6 is 34.8 Å². The van der Waals surface area contributed by atoms with Gasteiger partial charge in [-0.15, -0.1) is 0 Å². The van der Waals surface area contributed by atoms with Crippen LogP contribution in [0, 0.1) is 0 Å². The van der Waals surface area contributed by atoms with Crippen molar-refractivity contribution in [1.82, 2.24) is 5.32 Å². The monoisotopic (exact) mass is 309 g/mol. The molecule has 0 aliphatic heterocycles. The van der Waals surface area contributed by atoms with Crippen LogP contribution in [0.25, 0.3) is 0 Å². The molecule has 0 heterocycles. The third-order valence-electron chi connectivity index (χ3n) is 2.02. The third-order valence-corrected chi connectivity index (χ3v) is 2.69. The maximum Gasteiger partial charge on any atom is 0.138 e.